The Bertz CT molecular complexity index is 1230. The van der Waals surface area contributed by atoms with E-state index in [0.717, 1.165) is 41.7 Å². The summed E-state index contributed by atoms with van der Waals surface area (Å²) >= 11 is 0. The number of nitrogen functional groups attached to an aromatic ring is 1. The molecule has 0 saturated carbocycles. The van der Waals surface area contributed by atoms with Crippen molar-refractivity contribution in [3.8, 4) is 11.3 Å². The van der Waals surface area contributed by atoms with Crippen LogP contribution in [0.1, 0.15) is 43.7 Å². The van der Waals surface area contributed by atoms with Crippen LogP contribution < -0.4 is 11.1 Å². The molecule has 7 nitrogen and oxygen atoms in total. The predicted molar refractivity (Wildman–Crippen MR) is 132 cm³/mol. The number of nitrogens with zero attached hydrogens (tertiary/aromatic N) is 4. The predicted octanol–water partition coefficient (Wildman–Crippen LogP) is 4.84. The molecule has 1 atom stereocenters. The normalized spacial score (nSPS) is 16.0. The molecule has 33 heavy (non-hydrogen) atoms. The third-order valence-electron chi connectivity index (χ3n) is 6.18. The Balaban J connectivity index is 1.56. The maximum absolute atomic E-state index is 6.61. The topological polar surface area (TPSA) is 90.9 Å². The molecule has 0 bridgehead atoms. The second-order valence-corrected chi connectivity index (χ2v) is 8.92. The highest BCUT2D eigenvalue weighted by molar-refractivity contribution is 5.99. The maximum atomic E-state index is 6.61. The Labute approximate surface area is 194 Å². The second-order valence-electron chi connectivity index (χ2n) is 8.92. The van der Waals surface area contributed by atoms with Gasteiger partial charge in [-0.25, -0.2) is 9.67 Å². The lowest BCUT2D eigenvalue weighted by atomic mass is 10.00. The average Bonchev–Trinajstić information content (AvgIpc) is 3.46. The minimum atomic E-state index is 0.193. The van der Waals surface area contributed by atoms with E-state index >= 15 is 0 Å². The van der Waals surface area contributed by atoms with E-state index in [1.807, 2.05) is 22.9 Å². The van der Waals surface area contributed by atoms with Crippen molar-refractivity contribution < 1.29 is 4.74 Å². The van der Waals surface area contributed by atoms with E-state index in [0.29, 0.717) is 36.4 Å². The molecule has 1 aliphatic heterocycles. The van der Waals surface area contributed by atoms with Gasteiger partial charge in [-0.1, -0.05) is 68.4 Å². The minimum Gasteiger partial charge on any atom is -0.383 e. The highest BCUT2D eigenvalue weighted by atomic mass is 16.5. The summed E-state index contributed by atoms with van der Waals surface area (Å²) in [7, 11) is 0. The summed E-state index contributed by atoms with van der Waals surface area (Å²) in [6, 6.07) is 18.7. The van der Waals surface area contributed by atoms with Gasteiger partial charge in [-0.2, -0.15) is 4.98 Å². The van der Waals surface area contributed by atoms with Gasteiger partial charge in [-0.3, -0.25) is 0 Å². The standard InChI is InChI=1S/C26H30N6O/c1-17(2)19-10-12-20(13-11-19)23-22-24(27)32(16-18-7-4-3-5-8-18)31-25(22)30-26(29-23)28-15-21-9-6-14-33-21/h3-5,7-8,10-13,17,21H,6,9,14-16,27H2,1-2H3,(H,28,30,31). The first kappa shape index (κ1) is 21.4. The van der Waals surface area contributed by atoms with Crippen molar-refractivity contribution in [3.05, 3.63) is 65.7 Å². The fraction of sp³-hybridized carbons (Fsp3) is 0.346. The Morgan fingerprint density at radius 1 is 1.09 bits per heavy atom. The van der Waals surface area contributed by atoms with E-state index in [-0.39, 0.29) is 6.10 Å². The third-order valence-corrected chi connectivity index (χ3v) is 6.18. The summed E-state index contributed by atoms with van der Waals surface area (Å²) in [6.07, 6.45) is 2.34. The van der Waals surface area contributed by atoms with Gasteiger partial charge in [0.15, 0.2) is 5.65 Å². The lowest BCUT2D eigenvalue weighted by Gasteiger charge is -2.12. The molecule has 0 amide bonds. The van der Waals surface area contributed by atoms with Crippen molar-refractivity contribution in [2.75, 3.05) is 24.2 Å². The summed E-state index contributed by atoms with van der Waals surface area (Å²) in [6.45, 7) is 6.46. The molecule has 1 aliphatic rings. The Kier molecular flexibility index (Phi) is 5.96. The molecule has 0 aliphatic carbocycles. The van der Waals surface area contributed by atoms with Crippen molar-refractivity contribution in [3.63, 3.8) is 0 Å². The number of nitrogens with two attached hydrogens (primary N) is 1. The number of anilines is 2. The molecule has 4 aromatic rings. The summed E-state index contributed by atoms with van der Waals surface area (Å²) in [5.41, 5.74) is 11.4. The first-order valence-corrected chi connectivity index (χ1v) is 11.6. The van der Waals surface area contributed by atoms with E-state index < -0.39 is 0 Å². The zero-order valence-corrected chi connectivity index (χ0v) is 19.2. The molecule has 1 unspecified atom stereocenters. The first-order chi connectivity index (χ1) is 16.1. The van der Waals surface area contributed by atoms with Crippen LogP contribution in [0.25, 0.3) is 22.3 Å². The van der Waals surface area contributed by atoms with Gasteiger partial charge in [-0.05, 0) is 29.9 Å². The number of fused-ring (bicyclic) bond motifs is 1. The maximum Gasteiger partial charge on any atom is 0.225 e. The number of nitrogens with one attached hydrogen (secondary N) is 1. The minimum absolute atomic E-state index is 0.193. The number of aromatic nitrogens is 4. The van der Waals surface area contributed by atoms with Gasteiger partial charge < -0.3 is 15.8 Å². The van der Waals surface area contributed by atoms with Gasteiger partial charge in [0, 0.05) is 18.7 Å². The number of benzene rings is 2. The quantitative estimate of drug-likeness (QED) is 0.426. The number of ether oxygens (including phenoxy) is 1. The molecule has 170 valence electrons. The summed E-state index contributed by atoms with van der Waals surface area (Å²) < 4.78 is 7.55. The zero-order chi connectivity index (χ0) is 22.8. The van der Waals surface area contributed by atoms with E-state index in [4.69, 9.17) is 25.5 Å². The van der Waals surface area contributed by atoms with Gasteiger partial charge in [0.2, 0.25) is 5.95 Å². The van der Waals surface area contributed by atoms with Crippen LogP contribution in [0.3, 0.4) is 0 Å². The SMILES string of the molecule is CC(C)c1ccc(-c2nc(NCC3CCCO3)nc3nn(Cc4ccccc4)c(N)c23)cc1. The van der Waals surface area contributed by atoms with E-state index in [9.17, 15) is 0 Å². The Morgan fingerprint density at radius 3 is 2.58 bits per heavy atom. The molecular formula is C26H30N6O. The number of hydrogen-bond donors (Lipinski definition) is 2. The van der Waals surface area contributed by atoms with Crippen LogP contribution in [0.2, 0.25) is 0 Å². The molecule has 0 spiro atoms. The molecular weight excluding hydrogens is 412 g/mol. The Hall–Kier alpha value is -3.45. The van der Waals surface area contributed by atoms with Gasteiger partial charge in [0.1, 0.15) is 5.82 Å². The summed E-state index contributed by atoms with van der Waals surface area (Å²) in [5.74, 6) is 1.58. The summed E-state index contributed by atoms with van der Waals surface area (Å²) in [5, 5.41) is 8.89. The van der Waals surface area contributed by atoms with Crippen LogP contribution in [-0.2, 0) is 11.3 Å². The van der Waals surface area contributed by atoms with Gasteiger partial charge in [0.05, 0.1) is 23.7 Å². The molecule has 2 aromatic heterocycles. The molecule has 0 radical (unpaired) electrons. The highest BCUT2D eigenvalue weighted by Gasteiger charge is 2.20. The monoisotopic (exact) mass is 442 g/mol. The highest BCUT2D eigenvalue weighted by Crippen LogP contribution is 2.32. The zero-order valence-electron chi connectivity index (χ0n) is 19.2. The van der Waals surface area contributed by atoms with Crippen molar-refractivity contribution >= 4 is 22.8 Å². The fourth-order valence-corrected chi connectivity index (χ4v) is 4.26. The summed E-state index contributed by atoms with van der Waals surface area (Å²) in [4.78, 5) is 9.58. The first-order valence-electron chi connectivity index (χ1n) is 11.6. The van der Waals surface area contributed by atoms with Gasteiger partial charge >= 0.3 is 0 Å². The van der Waals surface area contributed by atoms with E-state index in [1.165, 1.54) is 5.56 Å². The largest absolute Gasteiger partial charge is 0.383 e. The Morgan fingerprint density at radius 2 is 1.88 bits per heavy atom. The van der Waals surface area contributed by atoms with Crippen molar-refractivity contribution in [1.29, 1.82) is 0 Å². The van der Waals surface area contributed by atoms with Gasteiger partial charge in [0.25, 0.3) is 0 Å². The van der Waals surface area contributed by atoms with E-state index in [1.54, 1.807) is 0 Å². The molecule has 3 heterocycles. The van der Waals surface area contributed by atoms with Crippen molar-refractivity contribution in [2.24, 2.45) is 0 Å². The van der Waals surface area contributed by atoms with E-state index in [2.05, 4.69) is 55.6 Å². The molecule has 1 saturated heterocycles. The number of rotatable bonds is 7. The van der Waals surface area contributed by atoms with Crippen LogP contribution in [-0.4, -0.2) is 39.0 Å². The third kappa shape index (κ3) is 4.54. The van der Waals surface area contributed by atoms with Crippen LogP contribution in [0.15, 0.2) is 54.6 Å². The van der Waals surface area contributed by atoms with Gasteiger partial charge in [-0.15, -0.1) is 5.10 Å². The second kappa shape index (κ2) is 9.19. The molecule has 2 aromatic carbocycles. The average molecular weight is 443 g/mol. The lowest BCUT2D eigenvalue weighted by Crippen LogP contribution is -2.19. The fourth-order valence-electron chi connectivity index (χ4n) is 4.26. The molecule has 3 N–H and O–H groups in total. The molecule has 5 rings (SSSR count). The lowest BCUT2D eigenvalue weighted by molar-refractivity contribution is 0.120. The van der Waals surface area contributed by atoms with Crippen LogP contribution >= 0.6 is 0 Å². The number of hydrogen-bond acceptors (Lipinski definition) is 6. The van der Waals surface area contributed by atoms with Crippen LogP contribution in [0, 0.1) is 0 Å². The molecule has 1 fully saturated rings. The van der Waals surface area contributed by atoms with Crippen molar-refractivity contribution in [1.82, 2.24) is 19.7 Å². The molecule has 7 heteroatoms. The van der Waals surface area contributed by atoms with Crippen LogP contribution in [0.5, 0.6) is 0 Å². The smallest absolute Gasteiger partial charge is 0.225 e. The van der Waals surface area contributed by atoms with Crippen LogP contribution in [0.4, 0.5) is 11.8 Å². The van der Waals surface area contributed by atoms with Crippen molar-refractivity contribution in [2.45, 2.75) is 45.3 Å².